The SMILES string of the molecule is COC(=O)/C=C/CC[C@H](NC(=O)c1ccc([N+](=O)[O-])cc1C(=O)O)C(=O)N[C@H](C(=O)N1C[C@H](Oc2ccccc2)C[C@H]1C(=O)N[C@H](C(=O)N[C@H](C(N)=O)C1CCCCC1)C1CCCCC1)C(C)(C)C. The number of carbonyl (C=O) groups excluding carboxylic acids is 7. The first kappa shape index (κ1) is 53.1. The molecule has 20 nitrogen and oxygen atoms in total. The van der Waals surface area contributed by atoms with Crippen molar-refractivity contribution in [2.45, 2.75) is 141 Å². The number of para-hydroxylation sites is 1. The molecule has 20 heteroatoms. The lowest BCUT2D eigenvalue weighted by molar-refractivity contribution is -0.384. The zero-order valence-corrected chi connectivity index (χ0v) is 39.6. The van der Waals surface area contributed by atoms with Gasteiger partial charge < -0.3 is 46.5 Å². The van der Waals surface area contributed by atoms with Crippen molar-refractivity contribution in [2.24, 2.45) is 23.0 Å². The summed E-state index contributed by atoms with van der Waals surface area (Å²) < 4.78 is 10.9. The summed E-state index contributed by atoms with van der Waals surface area (Å²) in [6.07, 6.45) is 9.84. The fourth-order valence-corrected chi connectivity index (χ4v) is 9.41. The lowest BCUT2D eigenvalue weighted by atomic mass is 9.81. The molecule has 2 saturated carbocycles. The molecule has 0 unspecified atom stereocenters. The molecule has 374 valence electrons. The van der Waals surface area contributed by atoms with Crippen molar-refractivity contribution in [1.82, 2.24) is 26.2 Å². The van der Waals surface area contributed by atoms with Crippen molar-refractivity contribution in [3.8, 4) is 5.75 Å². The number of benzene rings is 2. The third-order valence-corrected chi connectivity index (χ3v) is 13.1. The summed E-state index contributed by atoms with van der Waals surface area (Å²) in [5, 5.41) is 32.4. The van der Waals surface area contributed by atoms with E-state index in [0.29, 0.717) is 18.6 Å². The summed E-state index contributed by atoms with van der Waals surface area (Å²) in [6, 6.07) is 5.42. The first-order chi connectivity index (χ1) is 32.8. The summed E-state index contributed by atoms with van der Waals surface area (Å²) in [7, 11) is 1.17. The van der Waals surface area contributed by atoms with Crippen LogP contribution in [-0.4, -0.2) is 112 Å². The first-order valence-electron chi connectivity index (χ1n) is 23.6. The lowest BCUT2D eigenvalue weighted by Crippen LogP contribution is -2.62. The van der Waals surface area contributed by atoms with E-state index in [0.717, 1.165) is 75.6 Å². The fourth-order valence-electron chi connectivity index (χ4n) is 9.41. The number of carboxylic acid groups (broad SMARTS) is 1. The van der Waals surface area contributed by atoms with Crippen molar-refractivity contribution in [3.05, 3.63) is 81.9 Å². The molecule has 3 fully saturated rings. The van der Waals surface area contributed by atoms with Gasteiger partial charge in [-0.3, -0.25) is 38.9 Å². The number of hydrogen-bond acceptors (Lipinski definition) is 12. The van der Waals surface area contributed by atoms with Gasteiger partial charge >= 0.3 is 11.9 Å². The molecular formula is C49H65N7O13. The van der Waals surface area contributed by atoms with E-state index in [1.807, 2.05) is 0 Å². The van der Waals surface area contributed by atoms with E-state index in [9.17, 15) is 48.8 Å². The molecule has 2 aromatic carbocycles. The van der Waals surface area contributed by atoms with Crippen LogP contribution in [0.15, 0.2) is 60.7 Å². The number of esters is 1. The average molecular weight is 960 g/mol. The fraction of sp³-hybridized carbons (Fsp3) is 0.551. The minimum Gasteiger partial charge on any atom is -0.488 e. The van der Waals surface area contributed by atoms with Crippen molar-refractivity contribution in [2.75, 3.05) is 13.7 Å². The van der Waals surface area contributed by atoms with Gasteiger partial charge in [0, 0.05) is 24.6 Å². The Morgan fingerprint density at radius 3 is 2.03 bits per heavy atom. The van der Waals surface area contributed by atoms with Crippen LogP contribution in [-0.2, 0) is 33.5 Å². The van der Waals surface area contributed by atoms with E-state index in [1.54, 1.807) is 51.1 Å². The summed E-state index contributed by atoms with van der Waals surface area (Å²) >= 11 is 0. The summed E-state index contributed by atoms with van der Waals surface area (Å²) in [6.45, 7) is 4.96. The predicted molar refractivity (Wildman–Crippen MR) is 250 cm³/mol. The van der Waals surface area contributed by atoms with Gasteiger partial charge in [-0.1, -0.05) is 83.6 Å². The minimum absolute atomic E-state index is 0.00856. The van der Waals surface area contributed by atoms with E-state index in [-0.39, 0.29) is 37.6 Å². The number of nitrogens with two attached hydrogens (primary N) is 1. The van der Waals surface area contributed by atoms with Crippen LogP contribution >= 0.6 is 0 Å². The molecule has 7 N–H and O–H groups in total. The van der Waals surface area contributed by atoms with Gasteiger partial charge in [-0.05, 0) is 74.0 Å². The van der Waals surface area contributed by atoms with Gasteiger partial charge in [0.25, 0.3) is 11.6 Å². The number of aromatic carboxylic acids is 1. The number of amides is 6. The maximum absolute atomic E-state index is 15.1. The molecule has 0 bridgehead atoms. The second-order valence-electron chi connectivity index (χ2n) is 19.1. The first-order valence-corrected chi connectivity index (χ1v) is 23.6. The van der Waals surface area contributed by atoms with Crippen LogP contribution in [0.1, 0.15) is 125 Å². The van der Waals surface area contributed by atoms with Crippen molar-refractivity contribution in [1.29, 1.82) is 0 Å². The number of likely N-dealkylation sites (tertiary alicyclic amines) is 1. The van der Waals surface area contributed by atoms with Crippen molar-refractivity contribution in [3.63, 3.8) is 0 Å². The summed E-state index contributed by atoms with van der Waals surface area (Å²) in [5.41, 5.74) is 3.06. The van der Waals surface area contributed by atoms with E-state index in [4.69, 9.17) is 10.5 Å². The van der Waals surface area contributed by atoms with Crippen molar-refractivity contribution >= 4 is 53.1 Å². The van der Waals surface area contributed by atoms with Gasteiger partial charge in [0.15, 0.2) is 0 Å². The van der Waals surface area contributed by atoms with Crippen LogP contribution in [0.4, 0.5) is 5.69 Å². The third-order valence-electron chi connectivity index (χ3n) is 13.1. The maximum Gasteiger partial charge on any atom is 0.336 e. The highest BCUT2D eigenvalue weighted by Crippen LogP contribution is 2.32. The number of nitro benzene ring substituents is 1. The van der Waals surface area contributed by atoms with Crippen LogP contribution in [0, 0.1) is 27.4 Å². The molecule has 0 radical (unpaired) electrons. The highest BCUT2D eigenvalue weighted by atomic mass is 16.6. The highest BCUT2D eigenvalue weighted by molar-refractivity contribution is 6.06. The Morgan fingerprint density at radius 1 is 0.841 bits per heavy atom. The van der Waals surface area contributed by atoms with Gasteiger partial charge in [0.2, 0.25) is 29.5 Å². The summed E-state index contributed by atoms with van der Waals surface area (Å²) in [5.74, 6) is -6.69. The molecule has 1 heterocycles. The largest absolute Gasteiger partial charge is 0.488 e. The zero-order chi connectivity index (χ0) is 50.4. The number of methoxy groups -OCH3 is 1. The molecule has 6 atom stereocenters. The molecule has 69 heavy (non-hydrogen) atoms. The van der Waals surface area contributed by atoms with Crippen LogP contribution in [0.25, 0.3) is 0 Å². The van der Waals surface area contributed by atoms with Crippen molar-refractivity contribution < 1.29 is 57.9 Å². The Hall–Kier alpha value is -6.86. The second kappa shape index (κ2) is 24.4. The number of rotatable bonds is 20. The third kappa shape index (κ3) is 14.6. The normalized spacial score (nSPS) is 19.6. The molecule has 2 aliphatic carbocycles. The van der Waals surface area contributed by atoms with Gasteiger partial charge in [-0.15, -0.1) is 0 Å². The highest BCUT2D eigenvalue weighted by Gasteiger charge is 2.47. The van der Waals surface area contributed by atoms with Gasteiger partial charge in [-0.25, -0.2) is 9.59 Å². The van der Waals surface area contributed by atoms with Crippen LogP contribution < -0.4 is 31.7 Å². The molecule has 1 aliphatic heterocycles. The monoisotopic (exact) mass is 959 g/mol. The lowest BCUT2D eigenvalue weighted by Gasteiger charge is -2.37. The Kier molecular flexibility index (Phi) is 18.8. The Balaban J connectivity index is 1.45. The average Bonchev–Trinajstić information content (AvgIpc) is 3.75. The standard InChI is InChI=1S/C49H65N7O13/c1-49(2,3)41(54-44(60)36(22-14-15-23-38(57)68-4)51-43(59)34-25-24-31(56(66)67)26-35(34)48(64)65)47(63)55-28-33(69-32-20-12-7-13-21-32)27-37(55)45(61)53-40(30-18-10-6-11-19-30)46(62)52-39(42(50)58)29-16-8-5-9-17-29/h7,12-13,15,20-21,23-26,29-30,33,36-37,39-41H,5-6,8-11,14,16-19,22,27-28H2,1-4H3,(H2,50,58)(H,51,59)(H,52,62)(H,53,61)(H,54,60)(H,64,65)/b23-15+/t33-,36+,37+,39+,40+,41-/m1/s1. The van der Waals surface area contributed by atoms with Crippen LogP contribution in [0.5, 0.6) is 5.75 Å². The molecule has 3 aliphatic rings. The van der Waals surface area contributed by atoms with Gasteiger partial charge in [0.05, 0.1) is 29.7 Å². The molecule has 5 rings (SSSR count). The smallest absolute Gasteiger partial charge is 0.336 e. The van der Waals surface area contributed by atoms with Gasteiger partial charge in [0.1, 0.15) is 42.1 Å². The number of allylic oxidation sites excluding steroid dienone is 1. The second-order valence-corrected chi connectivity index (χ2v) is 19.1. The Labute approximate surface area is 401 Å². The van der Waals surface area contributed by atoms with Crippen LogP contribution in [0.2, 0.25) is 0 Å². The molecule has 2 aromatic rings. The number of carboxylic acids is 1. The molecular weight excluding hydrogens is 895 g/mol. The maximum atomic E-state index is 15.1. The number of nitrogens with zero attached hydrogens (tertiary/aromatic N) is 2. The van der Waals surface area contributed by atoms with E-state index in [2.05, 4.69) is 26.0 Å². The molecule has 6 amide bonds. The number of primary amides is 1. The molecule has 0 spiro atoms. The van der Waals surface area contributed by atoms with Crippen LogP contribution in [0.3, 0.4) is 0 Å². The topological polar surface area (TPSA) is 296 Å². The number of non-ortho nitro benzene ring substituents is 1. The van der Waals surface area contributed by atoms with E-state index >= 15 is 4.79 Å². The predicted octanol–water partition coefficient (Wildman–Crippen LogP) is 4.10. The Morgan fingerprint density at radius 2 is 1.46 bits per heavy atom. The molecule has 1 saturated heterocycles. The number of nitro groups is 1. The Bertz CT molecular complexity index is 2230. The zero-order valence-electron chi connectivity index (χ0n) is 39.6. The summed E-state index contributed by atoms with van der Waals surface area (Å²) in [4.78, 5) is 121. The quantitative estimate of drug-likeness (QED) is 0.0472. The number of hydrogen-bond donors (Lipinski definition) is 6. The van der Waals surface area contributed by atoms with Gasteiger partial charge in [-0.2, -0.15) is 0 Å². The van der Waals surface area contributed by atoms with E-state index < -0.39 is 111 Å². The number of ether oxygens (including phenoxy) is 2. The molecule has 0 aromatic heterocycles. The number of nitrogens with one attached hydrogen (secondary N) is 4. The van der Waals surface area contributed by atoms with E-state index in [1.165, 1.54) is 18.1 Å². The number of carbonyl (C=O) groups is 8. The minimum atomic E-state index is -1.64.